The molecule has 6 N–H and O–H groups in total. The van der Waals surface area contributed by atoms with Gasteiger partial charge in [-0.3, -0.25) is 5.73 Å². The number of nitrogens with zero attached hydrogens (tertiary/aromatic N) is 2. The van der Waals surface area contributed by atoms with Gasteiger partial charge in [0.1, 0.15) is 6.10 Å². The molecule has 10 heteroatoms. The van der Waals surface area contributed by atoms with Gasteiger partial charge in [-0.15, -0.1) is 0 Å². The minimum atomic E-state index is -3.49. The molecule has 0 bridgehead atoms. The Labute approximate surface area is 178 Å². The number of hydrogen-bond acceptors (Lipinski definition) is 8. The highest BCUT2D eigenvalue weighted by molar-refractivity contribution is 7.88. The molecule has 1 aromatic rings. The average molecular weight is 438 g/mol. The maximum Gasteiger partial charge on any atom is 0.218 e. The molecule has 1 aliphatic heterocycles. The molecule has 2 unspecified atom stereocenters. The zero-order valence-corrected chi connectivity index (χ0v) is 18.2. The fourth-order valence-electron chi connectivity index (χ4n) is 3.23. The van der Waals surface area contributed by atoms with E-state index in [1.54, 1.807) is 42.2 Å². The molecule has 2 atom stereocenters. The van der Waals surface area contributed by atoms with Crippen LogP contribution >= 0.6 is 0 Å². The summed E-state index contributed by atoms with van der Waals surface area (Å²) in [5.41, 5.74) is 12.9. The van der Waals surface area contributed by atoms with E-state index < -0.39 is 16.3 Å². The van der Waals surface area contributed by atoms with Crippen molar-refractivity contribution >= 4 is 21.9 Å². The van der Waals surface area contributed by atoms with Gasteiger partial charge < -0.3 is 25.9 Å². The lowest BCUT2D eigenvalue weighted by Gasteiger charge is -2.36. The van der Waals surface area contributed by atoms with Crippen molar-refractivity contribution < 1.29 is 18.3 Å². The predicted molar refractivity (Wildman–Crippen MR) is 118 cm³/mol. The number of aliphatic hydroxyl groups excluding tert-OH is 1. The van der Waals surface area contributed by atoms with Crippen molar-refractivity contribution in [1.82, 2.24) is 9.21 Å². The molecule has 166 valence electrons. The number of nitrogen functional groups attached to an aromatic ring is 1. The fraction of sp³-hybridized carbons (Fsp3) is 0.450. The molecule has 0 aromatic heterocycles. The summed E-state index contributed by atoms with van der Waals surface area (Å²) >= 11 is 0. The van der Waals surface area contributed by atoms with Gasteiger partial charge in [-0.25, -0.2) is 8.42 Å². The lowest BCUT2D eigenvalue weighted by atomic mass is 10.2. The predicted octanol–water partition coefficient (Wildman–Crippen LogP) is 0.836. The molecular weight excluding hydrogens is 406 g/mol. The Kier molecular flexibility index (Phi) is 8.42. The normalized spacial score (nSPS) is 18.7. The second-order valence-electron chi connectivity index (χ2n) is 7.07. The summed E-state index contributed by atoms with van der Waals surface area (Å²) in [5.74, 6) is -0.00845. The molecule has 0 aliphatic carbocycles. The molecule has 0 radical (unpaired) electrons. The van der Waals surface area contributed by atoms with Gasteiger partial charge in [0, 0.05) is 38.1 Å². The highest BCUT2D eigenvalue weighted by Gasteiger charge is 2.29. The van der Waals surface area contributed by atoms with E-state index in [0.29, 0.717) is 30.0 Å². The van der Waals surface area contributed by atoms with Crippen molar-refractivity contribution in [3.63, 3.8) is 0 Å². The topological polar surface area (TPSA) is 146 Å². The number of allylic oxidation sites excluding steroid dienone is 2. The summed E-state index contributed by atoms with van der Waals surface area (Å²) in [5, 5.41) is 17.7. The smallest absolute Gasteiger partial charge is 0.218 e. The van der Waals surface area contributed by atoms with Crippen molar-refractivity contribution in [2.75, 3.05) is 31.9 Å². The quantitative estimate of drug-likeness (QED) is 0.147. The molecule has 1 aliphatic rings. The number of rotatable bonds is 9. The van der Waals surface area contributed by atoms with Crippen molar-refractivity contribution in [2.24, 2.45) is 5.73 Å². The zero-order valence-electron chi connectivity index (χ0n) is 17.4. The molecule has 1 heterocycles. The number of ether oxygens (including phenoxy) is 1. The van der Waals surface area contributed by atoms with Crippen LogP contribution in [0.3, 0.4) is 0 Å². The van der Waals surface area contributed by atoms with E-state index in [1.165, 1.54) is 4.31 Å². The number of nitrogens with two attached hydrogens (primary N) is 2. The van der Waals surface area contributed by atoms with Gasteiger partial charge in [0.05, 0.1) is 11.4 Å². The molecule has 9 nitrogen and oxygen atoms in total. The van der Waals surface area contributed by atoms with E-state index in [-0.39, 0.29) is 30.7 Å². The van der Waals surface area contributed by atoms with Crippen molar-refractivity contribution in [1.29, 1.82) is 5.41 Å². The number of hydrogen-bond donors (Lipinski definition) is 4. The summed E-state index contributed by atoms with van der Waals surface area (Å²) in [4.78, 5) is 1.80. The Balaban J connectivity index is 2.11. The van der Waals surface area contributed by atoms with E-state index in [2.05, 4.69) is 0 Å². The Morgan fingerprint density at radius 3 is 2.37 bits per heavy atom. The van der Waals surface area contributed by atoms with Gasteiger partial charge in [-0.2, -0.15) is 4.31 Å². The standard InChI is InChI=1S/C20H31N5O4S/c1-3-4-15(2)29-19(20(23)26)18(13-21)24-9-11-25(12-10-24)30(27,28)14-16-5-7-17(22)8-6-16/h3-8,13,15,20-21,26H,9-12,14,22-23H2,1-2H3/b4-3+,19-18-,21-13?. The minimum absolute atomic E-state index is 0.0915. The van der Waals surface area contributed by atoms with Crippen LogP contribution < -0.4 is 11.5 Å². The van der Waals surface area contributed by atoms with Crippen LogP contribution in [0.1, 0.15) is 19.4 Å². The lowest BCUT2D eigenvalue weighted by Crippen LogP contribution is -2.49. The maximum atomic E-state index is 12.8. The Bertz CT molecular complexity index is 873. The summed E-state index contributed by atoms with van der Waals surface area (Å²) < 4.78 is 32.7. The van der Waals surface area contributed by atoms with Crippen LogP contribution in [0.25, 0.3) is 0 Å². The summed E-state index contributed by atoms with van der Waals surface area (Å²) in [7, 11) is -3.49. The molecule has 1 aromatic carbocycles. The third-order valence-corrected chi connectivity index (χ3v) is 6.59. The van der Waals surface area contributed by atoms with Crippen LogP contribution in [0.4, 0.5) is 5.69 Å². The zero-order chi connectivity index (χ0) is 22.3. The number of aliphatic hydroxyl groups is 1. The first-order valence-electron chi connectivity index (χ1n) is 9.73. The van der Waals surface area contributed by atoms with E-state index in [0.717, 1.165) is 6.21 Å². The van der Waals surface area contributed by atoms with E-state index >= 15 is 0 Å². The highest BCUT2D eigenvalue weighted by Crippen LogP contribution is 2.20. The Hall–Kier alpha value is -2.40. The van der Waals surface area contributed by atoms with Crippen LogP contribution in [-0.2, 0) is 20.5 Å². The number of piperazine rings is 1. The first kappa shape index (κ1) is 23.9. The van der Waals surface area contributed by atoms with Crippen molar-refractivity contribution in [2.45, 2.75) is 31.9 Å². The largest absolute Gasteiger partial charge is 0.485 e. The second-order valence-corrected chi connectivity index (χ2v) is 9.04. The van der Waals surface area contributed by atoms with Gasteiger partial charge in [-0.1, -0.05) is 18.2 Å². The van der Waals surface area contributed by atoms with Crippen LogP contribution in [0, 0.1) is 5.41 Å². The number of sulfonamides is 1. The van der Waals surface area contributed by atoms with E-state index in [1.807, 2.05) is 13.0 Å². The minimum Gasteiger partial charge on any atom is -0.485 e. The summed E-state index contributed by atoms with van der Waals surface area (Å²) in [6, 6.07) is 6.77. The third-order valence-electron chi connectivity index (χ3n) is 4.74. The number of benzene rings is 1. The van der Waals surface area contributed by atoms with Crippen molar-refractivity contribution in [3.05, 3.63) is 53.4 Å². The Morgan fingerprint density at radius 1 is 1.27 bits per heavy atom. The first-order chi connectivity index (χ1) is 14.2. The molecule has 30 heavy (non-hydrogen) atoms. The molecular formula is C20H31N5O4S. The monoisotopic (exact) mass is 437 g/mol. The van der Waals surface area contributed by atoms with E-state index in [4.69, 9.17) is 21.6 Å². The van der Waals surface area contributed by atoms with E-state index in [9.17, 15) is 13.5 Å². The summed E-state index contributed by atoms with van der Waals surface area (Å²) in [6.07, 6.45) is 2.97. The molecule has 0 amide bonds. The molecule has 0 saturated carbocycles. The number of nitrogens with one attached hydrogen (secondary N) is 1. The van der Waals surface area contributed by atoms with Crippen LogP contribution in [0.5, 0.6) is 0 Å². The summed E-state index contributed by atoms with van der Waals surface area (Å²) in [6.45, 7) is 4.86. The third kappa shape index (κ3) is 6.30. The Morgan fingerprint density at radius 2 is 1.87 bits per heavy atom. The molecule has 1 saturated heterocycles. The van der Waals surface area contributed by atoms with Gasteiger partial charge in [0.25, 0.3) is 0 Å². The average Bonchev–Trinajstić information content (AvgIpc) is 2.70. The lowest BCUT2D eigenvalue weighted by molar-refractivity contribution is 0.0749. The SMILES string of the molecule is C/C=C/C(C)O/C(=C(/C=N)N1CCN(S(=O)(=O)Cc2ccc(N)cc2)CC1)C(N)O. The van der Waals surface area contributed by atoms with Gasteiger partial charge >= 0.3 is 0 Å². The second kappa shape index (κ2) is 10.6. The first-order valence-corrected chi connectivity index (χ1v) is 11.3. The molecule has 2 rings (SSSR count). The number of anilines is 1. The maximum absolute atomic E-state index is 12.8. The van der Waals surface area contributed by atoms with Gasteiger partial charge in [-0.05, 0) is 37.6 Å². The highest BCUT2D eigenvalue weighted by atomic mass is 32.2. The van der Waals surface area contributed by atoms with Crippen LogP contribution in [0.2, 0.25) is 0 Å². The fourth-order valence-corrected chi connectivity index (χ4v) is 4.75. The van der Waals surface area contributed by atoms with Gasteiger partial charge in [0.2, 0.25) is 10.0 Å². The molecule has 1 fully saturated rings. The van der Waals surface area contributed by atoms with Crippen LogP contribution in [-0.4, -0.2) is 67.5 Å². The van der Waals surface area contributed by atoms with Gasteiger partial charge in [0.15, 0.2) is 12.0 Å². The van der Waals surface area contributed by atoms with Crippen molar-refractivity contribution in [3.8, 4) is 0 Å². The van der Waals surface area contributed by atoms with Crippen LogP contribution in [0.15, 0.2) is 47.9 Å². The molecule has 0 spiro atoms.